The number of ketones is 1. The standard InChI is InChI=1S/C16H13ClN2O2S/c1-9(20)7-19-10(2)18-15-14(16(19)21)13(8-22-15)11-3-5-12(17)6-4-11/h3-6,8H,7H2,1-2H3. The van der Waals surface area contributed by atoms with Gasteiger partial charge in [-0.05, 0) is 31.5 Å². The minimum atomic E-state index is -0.177. The Kier molecular flexibility index (Phi) is 3.85. The smallest absolute Gasteiger partial charge is 0.263 e. The predicted octanol–water partition coefficient (Wildman–Crippen LogP) is 3.68. The second kappa shape index (κ2) is 5.66. The molecule has 1 aromatic carbocycles. The maximum atomic E-state index is 12.8. The molecule has 0 bridgehead atoms. The average Bonchev–Trinajstić information content (AvgIpc) is 2.88. The number of aryl methyl sites for hydroxylation is 1. The summed E-state index contributed by atoms with van der Waals surface area (Å²) < 4.78 is 1.43. The van der Waals surface area contributed by atoms with Crippen molar-refractivity contribution in [3.05, 3.63) is 50.8 Å². The van der Waals surface area contributed by atoms with E-state index < -0.39 is 0 Å². The fraction of sp³-hybridized carbons (Fsp3) is 0.188. The van der Waals surface area contributed by atoms with Crippen molar-refractivity contribution in [3.8, 4) is 11.1 Å². The van der Waals surface area contributed by atoms with Crippen LogP contribution >= 0.6 is 22.9 Å². The first-order valence-electron chi connectivity index (χ1n) is 6.71. The second-order valence-electron chi connectivity index (χ2n) is 5.09. The van der Waals surface area contributed by atoms with Crippen LogP contribution in [0.3, 0.4) is 0 Å². The molecule has 0 saturated heterocycles. The summed E-state index contributed by atoms with van der Waals surface area (Å²) in [6.07, 6.45) is 0. The number of carbonyl (C=O) groups excluding carboxylic acids is 1. The second-order valence-corrected chi connectivity index (χ2v) is 6.38. The third-order valence-electron chi connectivity index (χ3n) is 3.42. The molecule has 0 N–H and O–H groups in total. The molecule has 0 fully saturated rings. The number of rotatable bonds is 3. The van der Waals surface area contributed by atoms with E-state index in [0.29, 0.717) is 21.1 Å². The van der Waals surface area contributed by atoms with Crippen LogP contribution < -0.4 is 5.56 Å². The van der Waals surface area contributed by atoms with Gasteiger partial charge in [-0.2, -0.15) is 0 Å². The first kappa shape index (κ1) is 14.9. The maximum Gasteiger partial charge on any atom is 0.263 e. The van der Waals surface area contributed by atoms with Crippen LogP contribution in [0.5, 0.6) is 0 Å². The third-order valence-corrected chi connectivity index (χ3v) is 4.54. The van der Waals surface area contributed by atoms with E-state index in [1.165, 1.54) is 22.8 Å². The Morgan fingerprint density at radius 1 is 1.32 bits per heavy atom. The molecule has 0 spiro atoms. The Hall–Kier alpha value is -1.98. The van der Waals surface area contributed by atoms with Gasteiger partial charge in [0.2, 0.25) is 0 Å². The van der Waals surface area contributed by atoms with Gasteiger partial charge in [0, 0.05) is 16.0 Å². The van der Waals surface area contributed by atoms with Crippen LogP contribution in [0.15, 0.2) is 34.4 Å². The van der Waals surface area contributed by atoms with Gasteiger partial charge in [0.1, 0.15) is 16.4 Å². The Bertz CT molecular complexity index is 926. The Labute approximate surface area is 136 Å². The van der Waals surface area contributed by atoms with E-state index in [2.05, 4.69) is 4.98 Å². The van der Waals surface area contributed by atoms with Crippen molar-refractivity contribution in [2.24, 2.45) is 0 Å². The van der Waals surface area contributed by atoms with Gasteiger partial charge < -0.3 is 0 Å². The van der Waals surface area contributed by atoms with E-state index >= 15 is 0 Å². The molecule has 3 rings (SSSR count). The molecule has 6 heteroatoms. The zero-order valence-electron chi connectivity index (χ0n) is 12.1. The summed E-state index contributed by atoms with van der Waals surface area (Å²) in [5.74, 6) is 0.479. The normalized spacial score (nSPS) is 11.0. The fourth-order valence-corrected chi connectivity index (χ4v) is 3.49. The molecule has 112 valence electrons. The van der Waals surface area contributed by atoms with Gasteiger partial charge in [-0.25, -0.2) is 4.98 Å². The van der Waals surface area contributed by atoms with Gasteiger partial charge in [0.15, 0.2) is 0 Å². The van der Waals surface area contributed by atoms with Gasteiger partial charge in [-0.15, -0.1) is 11.3 Å². The number of fused-ring (bicyclic) bond motifs is 1. The number of thiophene rings is 1. The largest absolute Gasteiger partial charge is 0.298 e. The highest BCUT2D eigenvalue weighted by atomic mass is 35.5. The molecule has 22 heavy (non-hydrogen) atoms. The average molecular weight is 333 g/mol. The van der Waals surface area contributed by atoms with E-state index in [0.717, 1.165) is 11.1 Å². The van der Waals surface area contributed by atoms with Crippen LogP contribution in [0.1, 0.15) is 12.7 Å². The van der Waals surface area contributed by atoms with Crippen molar-refractivity contribution in [2.75, 3.05) is 0 Å². The number of nitrogens with zero attached hydrogens (tertiary/aromatic N) is 2. The summed E-state index contributed by atoms with van der Waals surface area (Å²) in [5.41, 5.74) is 1.56. The van der Waals surface area contributed by atoms with E-state index in [1.54, 1.807) is 19.1 Å². The quantitative estimate of drug-likeness (QED) is 0.735. The Morgan fingerprint density at radius 3 is 2.64 bits per heavy atom. The lowest BCUT2D eigenvalue weighted by molar-refractivity contribution is -0.117. The van der Waals surface area contributed by atoms with E-state index in [9.17, 15) is 9.59 Å². The van der Waals surface area contributed by atoms with E-state index in [4.69, 9.17) is 11.6 Å². The van der Waals surface area contributed by atoms with Gasteiger partial charge in [0.25, 0.3) is 5.56 Å². The van der Waals surface area contributed by atoms with Crippen LogP contribution in [-0.4, -0.2) is 15.3 Å². The molecule has 2 heterocycles. The third kappa shape index (κ3) is 2.58. The number of halogens is 1. The van der Waals surface area contributed by atoms with Crippen LogP contribution in [0.4, 0.5) is 0 Å². The zero-order chi connectivity index (χ0) is 15.9. The maximum absolute atomic E-state index is 12.8. The monoisotopic (exact) mass is 332 g/mol. The SMILES string of the molecule is CC(=O)Cn1c(C)nc2scc(-c3ccc(Cl)cc3)c2c1=O. The number of Topliss-reactive ketones (excluding diaryl/α,β-unsaturated/α-hetero) is 1. The molecule has 0 aliphatic carbocycles. The molecule has 0 radical (unpaired) electrons. The minimum absolute atomic E-state index is 0.0451. The van der Waals surface area contributed by atoms with Crippen molar-refractivity contribution < 1.29 is 4.79 Å². The van der Waals surface area contributed by atoms with Crippen molar-refractivity contribution in [1.29, 1.82) is 0 Å². The molecule has 0 saturated carbocycles. The minimum Gasteiger partial charge on any atom is -0.298 e. The van der Waals surface area contributed by atoms with E-state index in [1.807, 2.05) is 17.5 Å². The fourth-order valence-electron chi connectivity index (χ4n) is 2.38. The van der Waals surface area contributed by atoms with Crippen LogP contribution in [0, 0.1) is 6.92 Å². The Balaban J connectivity index is 2.27. The van der Waals surface area contributed by atoms with Gasteiger partial charge >= 0.3 is 0 Å². The number of benzene rings is 1. The lowest BCUT2D eigenvalue weighted by Gasteiger charge is -2.08. The zero-order valence-corrected chi connectivity index (χ0v) is 13.7. The molecular formula is C16H13ClN2O2S. The lowest BCUT2D eigenvalue weighted by atomic mass is 10.1. The first-order valence-corrected chi connectivity index (χ1v) is 7.97. The first-order chi connectivity index (χ1) is 10.5. The molecule has 0 amide bonds. The summed E-state index contributed by atoms with van der Waals surface area (Å²) in [5, 5.41) is 3.12. The predicted molar refractivity (Wildman–Crippen MR) is 89.7 cm³/mol. The molecule has 0 atom stereocenters. The highest BCUT2D eigenvalue weighted by Crippen LogP contribution is 2.31. The summed E-state index contributed by atoms with van der Waals surface area (Å²) in [7, 11) is 0. The summed E-state index contributed by atoms with van der Waals surface area (Å²) in [6.45, 7) is 3.25. The number of carbonyl (C=O) groups is 1. The van der Waals surface area contributed by atoms with Crippen molar-refractivity contribution in [2.45, 2.75) is 20.4 Å². The summed E-state index contributed by atoms with van der Waals surface area (Å²) in [6, 6.07) is 7.32. The molecule has 0 unspecified atom stereocenters. The summed E-state index contributed by atoms with van der Waals surface area (Å²) in [4.78, 5) is 29.3. The molecular weight excluding hydrogens is 320 g/mol. The molecule has 2 aromatic heterocycles. The van der Waals surface area contributed by atoms with E-state index in [-0.39, 0.29) is 17.9 Å². The molecule has 4 nitrogen and oxygen atoms in total. The molecule has 0 aliphatic rings. The summed E-state index contributed by atoms with van der Waals surface area (Å²) >= 11 is 7.34. The van der Waals surface area contributed by atoms with Crippen LogP contribution in [0.2, 0.25) is 5.02 Å². The molecule has 0 aliphatic heterocycles. The number of aromatic nitrogens is 2. The van der Waals surface area contributed by atoms with Crippen molar-refractivity contribution in [3.63, 3.8) is 0 Å². The van der Waals surface area contributed by atoms with Crippen molar-refractivity contribution in [1.82, 2.24) is 9.55 Å². The number of hydrogen-bond donors (Lipinski definition) is 0. The van der Waals surface area contributed by atoms with Gasteiger partial charge in [-0.1, -0.05) is 23.7 Å². The van der Waals surface area contributed by atoms with Crippen LogP contribution in [0.25, 0.3) is 21.3 Å². The van der Waals surface area contributed by atoms with Crippen molar-refractivity contribution >= 4 is 38.9 Å². The molecule has 3 aromatic rings. The van der Waals surface area contributed by atoms with Gasteiger partial charge in [0.05, 0.1) is 11.9 Å². The Morgan fingerprint density at radius 2 is 2.00 bits per heavy atom. The highest BCUT2D eigenvalue weighted by Gasteiger charge is 2.16. The van der Waals surface area contributed by atoms with Crippen LogP contribution in [-0.2, 0) is 11.3 Å². The lowest BCUT2D eigenvalue weighted by Crippen LogP contribution is -2.26. The highest BCUT2D eigenvalue weighted by molar-refractivity contribution is 7.17. The number of hydrogen-bond acceptors (Lipinski definition) is 4. The van der Waals surface area contributed by atoms with Gasteiger partial charge in [-0.3, -0.25) is 14.2 Å². The topological polar surface area (TPSA) is 52.0 Å².